The quantitative estimate of drug-likeness (QED) is 0.661. The summed E-state index contributed by atoms with van der Waals surface area (Å²) >= 11 is 0. The number of nitrogens with zero attached hydrogens (tertiary/aromatic N) is 4. The van der Waals surface area contributed by atoms with Crippen molar-refractivity contribution in [2.24, 2.45) is 7.05 Å². The molecule has 1 aliphatic rings. The largest absolute Gasteiger partial charge is 0.470 e. The van der Waals surface area contributed by atoms with E-state index >= 15 is 0 Å². The zero-order valence-corrected chi connectivity index (χ0v) is 14.7. The molecule has 0 aromatic carbocycles. The molecule has 0 radical (unpaired) electrons. The lowest BCUT2D eigenvalue weighted by Crippen LogP contribution is -2.40. The Bertz CT molecular complexity index is 863. The van der Waals surface area contributed by atoms with Gasteiger partial charge < -0.3 is 15.4 Å². The first-order valence-corrected chi connectivity index (χ1v) is 8.77. The van der Waals surface area contributed by atoms with Crippen LogP contribution < -0.4 is 15.4 Å². The van der Waals surface area contributed by atoms with Gasteiger partial charge in [0.2, 0.25) is 5.88 Å². The molecule has 0 saturated carbocycles. The van der Waals surface area contributed by atoms with Crippen LogP contribution in [0.1, 0.15) is 5.56 Å². The first-order valence-electron chi connectivity index (χ1n) is 8.77. The first-order chi connectivity index (χ1) is 12.8. The predicted octanol–water partition coefficient (Wildman–Crippen LogP) is 1.88. The minimum Gasteiger partial charge on any atom is -0.470 e. The maximum atomic E-state index is 6.01. The molecule has 1 atom stereocenters. The number of pyridine rings is 2. The van der Waals surface area contributed by atoms with E-state index in [1.165, 1.54) is 5.56 Å². The Balaban J connectivity index is 1.30. The van der Waals surface area contributed by atoms with Crippen molar-refractivity contribution in [2.45, 2.75) is 12.5 Å². The lowest BCUT2D eigenvalue weighted by molar-refractivity contribution is 0.194. The minimum atomic E-state index is 0.0631. The number of fused-ring (bicyclic) bond motifs is 1. The van der Waals surface area contributed by atoms with E-state index in [-0.39, 0.29) is 6.10 Å². The first kappa shape index (κ1) is 16.5. The van der Waals surface area contributed by atoms with Gasteiger partial charge in [-0.15, -0.1) is 0 Å². The minimum absolute atomic E-state index is 0.0631. The van der Waals surface area contributed by atoms with Crippen LogP contribution in [0.5, 0.6) is 5.88 Å². The number of hydrogen-bond acceptors (Lipinski definition) is 6. The molecule has 26 heavy (non-hydrogen) atoms. The van der Waals surface area contributed by atoms with Gasteiger partial charge in [0.25, 0.3) is 0 Å². The molecule has 0 aliphatic carbocycles. The standard InChI is InChI=1S/C19H22N6O/c1-25-13-16(10-24-25)15-7-18-19(23-9-15)26-17(12-22-18)11-21-6-4-14-3-2-5-20-8-14/h2-3,5,7-10,13,17,21-22H,4,6,11-12H2,1H3. The smallest absolute Gasteiger partial charge is 0.237 e. The highest BCUT2D eigenvalue weighted by Gasteiger charge is 2.20. The summed E-state index contributed by atoms with van der Waals surface area (Å²) in [7, 11) is 1.91. The fraction of sp³-hybridized carbons (Fsp3) is 0.316. The molecule has 7 heteroatoms. The molecule has 1 unspecified atom stereocenters. The number of nitrogens with one attached hydrogen (secondary N) is 2. The molecule has 134 valence electrons. The van der Waals surface area contributed by atoms with Crippen molar-refractivity contribution in [3.63, 3.8) is 0 Å². The summed E-state index contributed by atoms with van der Waals surface area (Å²) in [6, 6.07) is 6.12. The molecule has 3 aromatic rings. The molecular formula is C19H22N6O. The van der Waals surface area contributed by atoms with E-state index in [2.05, 4.69) is 37.8 Å². The van der Waals surface area contributed by atoms with E-state index < -0.39 is 0 Å². The summed E-state index contributed by atoms with van der Waals surface area (Å²) in [6.07, 6.45) is 10.4. The average Bonchev–Trinajstić information content (AvgIpc) is 3.12. The molecule has 4 rings (SSSR count). The van der Waals surface area contributed by atoms with Gasteiger partial charge in [0.15, 0.2) is 0 Å². The van der Waals surface area contributed by atoms with Gasteiger partial charge in [-0.05, 0) is 30.7 Å². The van der Waals surface area contributed by atoms with Crippen molar-refractivity contribution in [2.75, 3.05) is 25.0 Å². The number of hydrogen-bond donors (Lipinski definition) is 2. The Hall–Kier alpha value is -2.93. The fourth-order valence-corrected chi connectivity index (χ4v) is 2.98. The molecule has 1 aliphatic heterocycles. The van der Waals surface area contributed by atoms with Crippen molar-refractivity contribution in [3.8, 4) is 17.0 Å². The third-order valence-electron chi connectivity index (χ3n) is 4.37. The third-order valence-corrected chi connectivity index (χ3v) is 4.37. The van der Waals surface area contributed by atoms with Crippen molar-refractivity contribution >= 4 is 5.69 Å². The van der Waals surface area contributed by atoms with E-state index in [0.29, 0.717) is 5.88 Å². The summed E-state index contributed by atoms with van der Waals surface area (Å²) in [5.41, 5.74) is 4.24. The average molecular weight is 350 g/mol. The SMILES string of the molecule is Cn1cc(-c2cnc3c(c2)NCC(CNCCc2cccnc2)O3)cn1. The van der Waals surface area contributed by atoms with Crippen LogP contribution in [0, 0.1) is 0 Å². The molecule has 4 heterocycles. The summed E-state index contributed by atoms with van der Waals surface area (Å²) in [4.78, 5) is 8.61. The summed E-state index contributed by atoms with van der Waals surface area (Å²) in [5.74, 6) is 0.656. The molecule has 3 aromatic heterocycles. The zero-order chi connectivity index (χ0) is 17.8. The van der Waals surface area contributed by atoms with Crippen LogP contribution >= 0.6 is 0 Å². The fourth-order valence-electron chi connectivity index (χ4n) is 2.98. The monoisotopic (exact) mass is 350 g/mol. The Morgan fingerprint density at radius 2 is 2.27 bits per heavy atom. The van der Waals surface area contributed by atoms with Gasteiger partial charge >= 0.3 is 0 Å². The van der Waals surface area contributed by atoms with Gasteiger partial charge in [0.05, 0.1) is 18.4 Å². The highest BCUT2D eigenvalue weighted by atomic mass is 16.5. The van der Waals surface area contributed by atoms with Crippen LogP contribution in [0.2, 0.25) is 0 Å². The molecular weight excluding hydrogens is 328 g/mol. The van der Waals surface area contributed by atoms with Crippen LogP contribution in [0.15, 0.2) is 49.2 Å². The molecule has 0 bridgehead atoms. The Morgan fingerprint density at radius 3 is 3.08 bits per heavy atom. The lowest BCUT2D eigenvalue weighted by Gasteiger charge is -2.27. The maximum absolute atomic E-state index is 6.01. The Morgan fingerprint density at radius 1 is 1.31 bits per heavy atom. The Labute approximate surface area is 152 Å². The molecule has 2 N–H and O–H groups in total. The summed E-state index contributed by atoms with van der Waals surface area (Å²) in [6.45, 7) is 2.43. The highest BCUT2D eigenvalue weighted by molar-refractivity contribution is 5.69. The van der Waals surface area contributed by atoms with E-state index in [1.54, 1.807) is 10.9 Å². The highest BCUT2D eigenvalue weighted by Crippen LogP contribution is 2.30. The molecule has 0 amide bonds. The van der Waals surface area contributed by atoms with Crippen LogP contribution in [0.25, 0.3) is 11.1 Å². The van der Waals surface area contributed by atoms with Gasteiger partial charge in [-0.1, -0.05) is 6.07 Å². The van der Waals surface area contributed by atoms with Crippen molar-refractivity contribution < 1.29 is 4.74 Å². The number of aryl methyl sites for hydroxylation is 1. The second-order valence-electron chi connectivity index (χ2n) is 6.42. The number of anilines is 1. The molecule has 7 nitrogen and oxygen atoms in total. The lowest BCUT2D eigenvalue weighted by atomic mass is 10.1. The zero-order valence-electron chi connectivity index (χ0n) is 14.7. The van der Waals surface area contributed by atoms with E-state index in [9.17, 15) is 0 Å². The third kappa shape index (κ3) is 3.83. The second kappa shape index (κ2) is 7.53. The number of rotatable bonds is 6. The number of ether oxygens (including phenoxy) is 1. The van der Waals surface area contributed by atoms with Gasteiger partial charge in [-0.25, -0.2) is 4.98 Å². The second-order valence-corrected chi connectivity index (χ2v) is 6.42. The molecule has 0 fully saturated rings. The van der Waals surface area contributed by atoms with E-state index in [1.807, 2.05) is 37.9 Å². The van der Waals surface area contributed by atoms with Gasteiger partial charge in [0.1, 0.15) is 6.10 Å². The predicted molar refractivity (Wildman–Crippen MR) is 100 cm³/mol. The van der Waals surface area contributed by atoms with Crippen molar-refractivity contribution in [1.29, 1.82) is 0 Å². The van der Waals surface area contributed by atoms with E-state index in [0.717, 1.165) is 42.9 Å². The van der Waals surface area contributed by atoms with Crippen LogP contribution in [0.3, 0.4) is 0 Å². The van der Waals surface area contributed by atoms with Gasteiger partial charge in [-0.3, -0.25) is 9.67 Å². The van der Waals surface area contributed by atoms with Crippen LogP contribution in [0.4, 0.5) is 5.69 Å². The van der Waals surface area contributed by atoms with Gasteiger partial charge in [-0.2, -0.15) is 5.10 Å². The molecule has 0 saturated heterocycles. The summed E-state index contributed by atoms with van der Waals surface area (Å²) < 4.78 is 7.79. The topological polar surface area (TPSA) is 76.9 Å². The maximum Gasteiger partial charge on any atom is 0.237 e. The van der Waals surface area contributed by atoms with Crippen molar-refractivity contribution in [3.05, 3.63) is 54.7 Å². The van der Waals surface area contributed by atoms with Crippen LogP contribution in [-0.4, -0.2) is 45.5 Å². The normalized spacial score (nSPS) is 15.8. The van der Waals surface area contributed by atoms with Gasteiger partial charge in [0, 0.05) is 49.5 Å². The van der Waals surface area contributed by atoms with Crippen molar-refractivity contribution in [1.82, 2.24) is 25.1 Å². The van der Waals surface area contributed by atoms with E-state index in [4.69, 9.17) is 4.74 Å². The molecule has 0 spiro atoms. The van der Waals surface area contributed by atoms with Crippen LogP contribution in [-0.2, 0) is 13.5 Å². The Kier molecular flexibility index (Phi) is 4.79. The summed E-state index contributed by atoms with van der Waals surface area (Å²) in [5, 5.41) is 11.1. The number of aromatic nitrogens is 4.